The molecule has 0 radical (unpaired) electrons. The summed E-state index contributed by atoms with van der Waals surface area (Å²) < 4.78 is 48.4. The number of nitrogens with zero attached hydrogens (tertiary/aromatic N) is 3. The van der Waals surface area contributed by atoms with Gasteiger partial charge in [0, 0.05) is 11.7 Å². The van der Waals surface area contributed by atoms with Gasteiger partial charge in [0.25, 0.3) is 0 Å². The molecule has 1 aromatic heterocycles. The summed E-state index contributed by atoms with van der Waals surface area (Å²) in [6.07, 6.45) is -0.457. The number of amides is 1. The number of hydrogen-bond acceptors (Lipinski definition) is 4. The second kappa shape index (κ2) is 7.86. The maximum absolute atomic E-state index is 12.6. The minimum atomic E-state index is -4.73. The average Bonchev–Trinajstić information content (AvgIpc) is 3.17. The smallest absolute Gasteiger partial charge is 0.444 e. The molecule has 172 valence electrons. The Morgan fingerprint density at radius 2 is 1.81 bits per heavy atom. The fourth-order valence-electron chi connectivity index (χ4n) is 4.30. The molecule has 2 bridgehead atoms. The van der Waals surface area contributed by atoms with E-state index >= 15 is 0 Å². The van der Waals surface area contributed by atoms with Gasteiger partial charge in [-0.2, -0.15) is 5.10 Å². The zero-order valence-corrected chi connectivity index (χ0v) is 18.4. The lowest BCUT2D eigenvalue weighted by Crippen LogP contribution is -2.45. The number of halogens is 3. The quantitative estimate of drug-likeness (QED) is 0.609. The fourth-order valence-corrected chi connectivity index (χ4v) is 4.30. The first-order chi connectivity index (χ1) is 14.9. The summed E-state index contributed by atoms with van der Waals surface area (Å²) in [5.74, 6) is -0.278. The van der Waals surface area contributed by atoms with Crippen LogP contribution in [-0.4, -0.2) is 44.8 Å². The van der Waals surface area contributed by atoms with Crippen molar-refractivity contribution in [2.75, 3.05) is 0 Å². The lowest BCUT2D eigenvalue weighted by molar-refractivity contribution is -0.274. The van der Waals surface area contributed by atoms with E-state index in [1.165, 1.54) is 24.3 Å². The van der Waals surface area contributed by atoms with Crippen molar-refractivity contribution in [2.45, 2.75) is 71.0 Å². The van der Waals surface area contributed by atoms with Gasteiger partial charge in [-0.15, -0.1) is 13.2 Å². The van der Waals surface area contributed by atoms with Gasteiger partial charge in [-0.25, -0.2) is 9.48 Å². The summed E-state index contributed by atoms with van der Waals surface area (Å²) in [6.45, 7) is 7.46. The van der Waals surface area contributed by atoms with Crippen molar-refractivity contribution in [1.82, 2.24) is 14.7 Å². The SMILES string of the molecule is Cc1cc(C2=CC3CCC(C2)N3C(=O)OC(C)(C)C)nn1-c1ccc(OC(F)(F)F)cc1. The number of carbonyl (C=O) groups is 1. The van der Waals surface area contributed by atoms with Crippen LogP contribution in [0.5, 0.6) is 5.75 Å². The van der Waals surface area contributed by atoms with E-state index in [-0.39, 0.29) is 23.9 Å². The molecule has 1 fully saturated rings. The molecule has 3 heterocycles. The van der Waals surface area contributed by atoms with Crippen LogP contribution in [0.25, 0.3) is 11.3 Å². The summed E-state index contributed by atoms with van der Waals surface area (Å²) in [7, 11) is 0. The molecule has 0 aliphatic carbocycles. The summed E-state index contributed by atoms with van der Waals surface area (Å²) in [5.41, 5.74) is 2.82. The second-order valence-corrected chi connectivity index (χ2v) is 9.21. The normalized spacial score (nSPS) is 20.8. The molecule has 0 spiro atoms. The third-order valence-corrected chi connectivity index (χ3v) is 5.53. The number of rotatable bonds is 3. The summed E-state index contributed by atoms with van der Waals surface area (Å²) in [4.78, 5) is 14.5. The van der Waals surface area contributed by atoms with Crippen LogP contribution in [0.1, 0.15) is 51.4 Å². The Morgan fingerprint density at radius 3 is 2.41 bits per heavy atom. The molecule has 32 heavy (non-hydrogen) atoms. The monoisotopic (exact) mass is 449 g/mol. The third kappa shape index (κ3) is 4.76. The van der Waals surface area contributed by atoms with E-state index in [4.69, 9.17) is 4.74 Å². The predicted octanol–water partition coefficient (Wildman–Crippen LogP) is 5.63. The van der Waals surface area contributed by atoms with Gasteiger partial charge in [-0.3, -0.25) is 4.90 Å². The highest BCUT2D eigenvalue weighted by Gasteiger charge is 2.42. The van der Waals surface area contributed by atoms with Gasteiger partial charge >= 0.3 is 12.5 Å². The third-order valence-electron chi connectivity index (χ3n) is 5.53. The molecule has 0 N–H and O–H groups in total. The summed E-state index contributed by atoms with van der Waals surface area (Å²) in [6, 6.07) is 7.60. The molecule has 2 aliphatic heterocycles. The molecular weight excluding hydrogens is 423 g/mol. The van der Waals surface area contributed by atoms with Crippen LogP contribution in [0.2, 0.25) is 0 Å². The fraction of sp³-hybridized carbons (Fsp3) is 0.478. The summed E-state index contributed by atoms with van der Waals surface area (Å²) >= 11 is 0. The van der Waals surface area contributed by atoms with Crippen molar-refractivity contribution in [1.29, 1.82) is 0 Å². The molecule has 2 aromatic rings. The lowest BCUT2D eigenvalue weighted by Gasteiger charge is -2.35. The Balaban J connectivity index is 1.54. The minimum Gasteiger partial charge on any atom is -0.444 e. The first-order valence-corrected chi connectivity index (χ1v) is 10.5. The first-order valence-electron chi connectivity index (χ1n) is 10.5. The molecule has 9 heteroatoms. The Bertz CT molecular complexity index is 1040. The Labute approximate surface area is 184 Å². The van der Waals surface area contributed by atoms with Crippen molar-refractivity contribution in [3.05, 3.63) is 47.8 Å². The zero-order valence-electron chi connectivity index (χ0n) is 18.4. The topological polar surface area (TPSA) is 56.6 Å². The van der Waals surface area contributed by atoms with Gasteiger partial charge in [0.05, 0.1) is 17.4 Å². The van der Waals surface area contributed by atoms with Gasteiger partial charge < -0.3 is 9.47 Å². The molecule has 2 unspecified atom stereocenters. The predicted molar refractivity (Wildman–Crippen MR) is 112 cm³/mol. The molecule has 1 saturated heterocycles. The van der Waals surface area contributed by atoms with Crippen LogP contribution < -0.4 is 4.74 Å². The van der Waals surface area contributed by atoms with Crippen LogP contribution in [-0.2, 0) is 4.74 Å². The second-order valence-electron chi connectivity index (χ2n) is 9.21. The van der Waals surface area contributed by atoms with E-state index < -0.39 is 12.0 Å². The lowest BCUT2D eigenvalue weighted by atomic mass is 9.99. The van der Waals surface area contributed by atoms with E-state index in [9.17, 15) is 18.0 Å². The Morgan fingerprint density at radius 1 is 1.12 bits per heavy atom. The van der Waals surface area contributed by atoms with E-state index in [2.05, 4.69) is 15.9 Å². The van der Waals surface area contributed by atoms with Gasteiger partial charge in [-0.05, 0) is 82.9 Å². The highest BCUT2D eigenvalue weighted by Crippen LogP contribution is 2.39. The van der Waals surface area contributed by atoms with Gasteiger partial charge in [0.2, 0.25) is 0 Å². The van der Waals surface area contributed by atoms with Crippen LogP contribution in [0.4, 0.5) is 18.0 Å². The van der Waals surface area contributed by atoms with Crippen LogP contribution in [0.15, 0.2) is 36.4 Å². The summed E-state index contributed by atoms with van der Waals surface area (Å²) in [5, 5.41) is 4.68. The number of fused-ring (bicyclic) bond motifs is 2. The number of hydrogen-bond donors (Lipinski definition) is 0. The van der Waals surface area contributed by atoms with Crippen molar-refractivity contribution in [2.24, 2.45) is 0 Å². The molecule has 0 saturated carbocycles. The largest absolute Gasteiger partial charge is 0.573 e. The minimum absolute atomic E-state index is 0.0251. The number of benzene rings is 1. The molecule has 2 atom stereocenters. The van der Waals surface area contributed by atoms with Gasteiger partial charge in [0.15, 0.2) is 0 Å². The number of aryl methyl sites for hydroxylation is 1. The number of aromatic nitrogens is 2. The average molecular weight is 449 g/mol. The zero-order chi connectivity index (χ0) is 23.3. The molecular formula is C23H26F3N3O3. The van der Waals surface area contributed by atoms with Crippen molar-refractivity contribution < 1.29 is 27.4 Å². The molecule has 1 amide bonds. The van der Waals surface area contributed by atoms with E-state index in [1.807, 2.05) is 38.7 Å². The number of ether oxygens (including phenoxy) is 2. The Hall–Kier alpha value is -2.97. The molecule has 2 aliphatic rings. The van der Waals surface area contributed by atoms with E-state index in [0.717, 1.165) is 29.8 Å². The van der Waals surface area contributed by atoms with Crippen molar-refractivity contribution in [3.8, 4) is 11.4 Å². The Kier molecular flexibility index (Phi) is 5.46. The van der Waals surface area contributed by atoms with Crippen LogP contribution in [0.3, 0.4) is 0 Å². The standard InChI is InChI=1S/C23H26F3N3O3/c1-14-11-20(27-29(14)16-7-9-19(10-8-16)31-23(24,25)26)15-12-17-5-6-18(13-15)28(17)21(30)32-22(2,3)4/h7-12,17-18H,5-6,13H2,1-4H3. The van der Waals surface area contributed by atoms with Gasteiger partial charge in [0.1, 0.15) is 11.4 Å². The van der Waals surface area contributed by atoms with Crippen molar-refractivity contribution >= 4 is 11.7 Å². The first kappa shape index (κ1) is 22.2. The highest BCUT2D eigenvalue weighted by atomic mass is 19.4. The van der Waals surface area contributed by atoms with E-state index in [1.54, 1.807) is 4.68 Å². The highest BCUT2D eigenvalue weighted by molar-refractivity contribution is 5.74. The number of carbonyl (C=O) groups excluding carboxylic acids is 1. The molecule has 4 rings (SSSR count). The maximum Gasteiger partial charge on any atom is 0.573 e. The molecule has 6 nitrogen and oxygen atoms in total. The maximum atomic E-state index is 12.6. The number of alkyl halides is 3. The van der Waals surface area contributed by atoms with Crippen LogP contribution in [0, 0.1) is 6.92 Å². The van der Waals surface area contributed by atoms with Crippen LogP contribution >= 0.6 is 0 Å². The van der Waals surface area contributed by atoms with Gasteiger partial charge in [-0.1, -0.05) is 6.08 Å². The molecule has 1 aromatic carbocycles. The van der Waals surface area contributed by atoms with E-state index in [0.29, 0.717) is 12.1 Å². The van der Waals surface area contributed by atoms with Crippen molar-refractivity contribution in [3.63, 3.8) is 0 Å².